The summed E-state index contributed by atoms with van der Waals surface area (Å²) in [5.41, 5.74) is 1.35. The number of carbonyl (C=O) groups is 1. The van der Waals surface area contributed by atoms with Gasteiger partial charge in [-0.25, -0.2) is 14.4 Å². The number of benzene rings is 1. The average molecular weight is 418 g/mol. The number of halogens is 1. The van der Waals surface area contributed by atoms with Crippen LogP contribution in [0.4, 0.5) is 10.2 Å². The lowest BCUT2D eigenvalue weighted by molar-refractivity contribution is -0.119. The topological polar surface area (TPSA) is 108 Å². The number of anilines is 1. The van der Waals surface area contributed by atoms with E-state index in [2.05, 4.69) is 25.1 Å². The molecule has 31 heavy (non-hydrogen) atoms. The standard InChI is InChI=1S/C22H19FN6O2/c23-14-8-6-13(7-9-14)12-16-25-21(28-27-16)19-20(31)18-15(4-3-10-24-18)22(26-19)29-11-2-1-5-17(29)30/h3-4,6-10,31H,1-2,5,11-12H2,(H,25,27,28). The first-order valence-corrected chi connectivity index (χ1v) is 10.0. The molecule has 0 aliphatic carbocycles. The molecular weight excluding hydrogens is 399 g/mol. The van der Waals surface area contributed by atoms with Crippen molar-refractivity contribution in [3.63, 3.8) is 0 Å². The molecule has 9 heteroatoms. The van der Waals surface area contributed by atoms with Crippen molar-refractivity contribution < 1.29 is 14.3 Å². The molecule has 1 aliphatic heterocycles. The van der Waals surface area contributed by atoms with Crippen molar-refractivity contribution in [2.75, 3.05) is 11.4 Å². The van der Waals surface area contributed by atoms with Crippen LogP contribution in [0.25, 0.3) is 22.4 Å². The van der Waals surface area contributed by atoms with Crippen LogP contribution in [0.1, 0.15) is 30.7 Å². The summed E-state index contributed by atoms with van der Waals surface area (Å²) < 4.78 is 13.1. The second kappa shape index (κ2) is 7.75. The molecular formula is C22H19FN6O2. The van der Waals surface area contributed by atoms with Crippen molar-refractivity contribution in [2.24, 2.45) is 0 Å². The molecule has 1 fully saturated rings. The predicted octanol–water partition coefficient (Wildman–Crippen LogP) is 3.37. The Balaban J connectivity index is 1.57. The number of hydrogen-bond acceptors (Lipinski definition) is 6. The summed E-state index contributed by atoms with van der Waals surface area (Å²) >= 11 is 0. The number of amides is 1. The lowest BCUT2D eigenvalue weighted by atomic mass is 10.1. The molecule has 8 nitrogen and oxygen atoms in total. The van der Waals surface area contributed by atoms with E-state index in [9.17, 15) is 14.3 Å². The minimum atomic E-state index is -0.306. The number of rotatable bonds is 4. The van der Waals surface area contributed by atoms with Crippen LogP contribution >= 0.6 is 0 Å². The van der Waals surface area contributed by atoms with Crippen molar-refractivity contribution in [1.82, 2.24) is 25.1 Å². The van der Waals surface area contributed by atoms with Gasteiger partial charge in [0.1, 0.15) is 23.0 Å². The van der Waals surface area contributed by atoms with Crippen molar-refractivity contribution in [3.05, 3.63) is 59.8 Å². The number of pyridine rings is 2. The fourth-order valence-electron chi connectivity index (χ4n) is 3.77. The van der Waals surface area contributed by atoms with Gasteiger partial charge in [-0.3, -0.25) is 19.8 Å². The summed E-state index contributed by atoms with van der Waals surface area (Å²) in [5.74, 6) is 0.737. The average Bonchev–Trinajstić information content (AvgIpc) is 3.25. The third-order valence-electron chi connectivity index (χ3n) is 5.32. The number of aromatic nitrogens is 5. The van der Waals surface area contributed by atoms with Crippen LogP contribution in [0.5, 0.6) is 5.75 Å². The normalized spacial score (nSPS) is 14.4. The molecule has 0 spiro atoms. The summed E-state index contributed by atoms with van der Waals surface area (Å²) in [6.45, 7) is 0.559. The van der Waals surface area contributed by atoms with Gasteiger partial charge >= 0.3 is 0 Å². The van der Waals surface area contributed by atoms with Gasteiger partial charge in [0.05, 0.1) is 0 Å². The van der Waals surface area contributed by atoms with Gasteiger partial charge in [-0.1, -0.05) is 12.1 Å². The molecule has 0 bridgehead atoms. The Bertz CT molecular complexity index is 1270. The summed E-state index contributed by atoms with van der Waals surface area (Å²) in [5, 5.41) is 18.5. The molecule has 0 atom stereocenters. The third-order valence-corrected chi connectivity index (χ3v) is 5.32. The fourth-order valence-corrected chi connectivity index (χ4v) is 3.77. The summed E-state index contributed by atoms with van der Waals surface area (Å²) in [6, 6.07) is 9.65. The molecule has 1 amide bonds. The molecule has 4 aromatic rings. The van der Waals surface area contributed by atoms with E-state index >= 15 is 0 Å². The van der Waals surface area contributed by atoms with E-state index in [0.717, 1.165) is 18.4 Å². The van der Waals surface area contributed by atoms with Crippen molar-refractivity contribution in [1.29, 1.82) is 0 Å². The second-order valence-electron chi connectivity index (χ2n) is 7.44. The Morgan fingerprint density at radius 3 is 2.77 bits per heavy atom. The van der Waals surface area contributed by atoms with E-state index in [1.54, 1.807) is 35.4 Å². The Kier molecular flexibility index (Phi) is 4.78. The van der Waals surface area contributed by atoms with Crippen LogP contribution in [0, 0.1) is 5.82 Å². The van der Waals surface area contributed by atoms with Gasteiger partial charge in [-0.2, -0.15) is 5.10 Å². The molecule has 0 radical (unpaired) electrons. The SMILES string of the molecule is O=C1CCCCN1c1nc(-c2n[nH]c(Cc3ccc(F)cc3)n2)c(O)c2ncccc12. The van der Waals surface area contributed by atoms with Crippen molar-refractivity contribution in [2.45, 2.75) is 25.7 Å². The molecule has 3 aromatic heterocycles. The number of aromatic amines is 1. The lowest BCUT2D eigenvalue weighted by Gasteiger charge is -2.27. The monoisotopic (exact) mass is 418 g/mol. The van der Waals surface area contributed by atoms with Crippen LogP contribution in [0.3, 0.4) is 0 Å². The first kappa shape index (κ1) is 19.1. The van der Waals surface area contributed by atoms with Gasteiger partial charge in [0.25, 0.3) is 0 Å². The Morgan fingerprint density at radius 2 is 1.97 bits per heavy atom. The van der Waals surface area contributed by atoms with Gasteiger partial charge in [-0.15, -0.1) is 0 Å². The van der Waals surface area contributed by atoms with E-state index in [1.807, 2.05) is 0 Å². The highest BCUT2D eigenvalue weighted by Crippen LogP contribution is 2.37. The quantitative estimate of drug-likeness (QED) is 0.526. The largest absolute Gasteiger partial charge is 0.504 e. The number of nitrogens with zero attached hydrogens (tertiary/aromatic N) is 5. The highest BCUT2D eigenvalue weighted by atomic mass is 19.1. The number of H-pyrrole nitrogens is 1. The molecule has 4 heterocycles. The number of fused-ring (bicyclic) bond motifs is 1. The summed E-state index contributed by atoms with van der Waals surface area (Å²) in [6.07, 6.45) is 4.18. The van der Waals surface area contributed by atoms with Crippen LogP contribution in [-0.2, 0) is 11.2 Å². The molecule has 1 saturated heterocycles. The summed E-state index contributed by atoms with van der Waals surface area (Å²) in [7, 11) is 0. The molecule has 156 valence electrons. The molecule has 0 saturated carbocycles. The maximum absolute atomic E-state index is 13.1. The van der Waals surface area contributed by atoms with Gasteiger partial charge < -0.3 is 5.11 Å². The Labute approximate surface area is 176 Å². The van der Waals surface area contributed by atoms with Crippen LogP contribution in [0.15, 0.2) is 42.6 Å². The number of aromatic hydroxyl groups is 1. The zero-order valence-electron chi connectivity index (χ0n) is 16.5. The number of hydrogen-bond donors (Lipinski definition) is 2. The number of carbonyl (C=O) groups excluding carboxylic acids is 1. The van der Waals surface area contributed by atoms with Crippen LogP contribution in [0.2, 0.25) is 0 Å². The zero-order valence-corrected chi connectivity index (χ0v) is 16.5. The van der Waals surface area contributed by atoms with Crippen LogP contribution < -0.4 is 4.90 Å². The smallest absolute Gasteiger partial charge is 0.228 e. The number of nitrogens with one attached hydrogen (secondary N) is 1. The highest BCUT2D eigenvalue weighted by Gasteiger charge is 2.26. The fraction of sp³-hybridized carbons (Fsp3) is 0.227. The van der Waals surface area contributed by atoms with Gasteiger partial charge in [0, 0.05) is 31.0 Å². The lowest BCUT2D eigenvalue weighted by Crippen LogP contribution is -2.36. The zero-order chi connectivity index (χ0) is 21.4. The molecule has 2 N–H and O–H groups in total. The van der Waals surface area contributed by atoms with E-state index < -0.39 is 0 Å². The maximum atomic E-state index is 13.1. The molecule has 5 rings (SSSR count). The van der Waals surface area contributed by atoms with Gasteiger partial charge in [0.2, 0.25) is 11.7 Å². The highest BCUT2D eigenvalue weighted by molar-refractivity contribution is 6.04. The van der Waals surface area contributed by atoms with Crippen molar-refractivity contribution >= 4 is 22.6 Å². The maximum Gasteiger partial charge on any atom is 0.228 e. The Morgan fingerprint density at radius 1 is 1.13 bits per heavy atom. The molecule has 0 unspecified atom stereocenters. The van der Waals surface area contributed by atoms with E-state index in [4.69, 9.17) is 0 Å². The third kappa shape index (κ3) is 3.58. The number of piperidine rings is 1. The first-order valence-electron chi connectivity index (χ1n) is 10.0. The first-order chi connectivity index (χ1) is 15.1. The minimum absolute atomic E-state index is 0.00692. The van der Waals surface area contributed by atoms with Crippen LogP contribution in [-0.4, -0.2) is 42.7 Å². The predicted molar refractivity (Wildman–Crippen MR) is 112 cm³/mol. The van der Waals surface area contributed by atoms with E-state index in [1.165, 1.54) is 12.1 Å². The van der Waals surface area contributed by atoms with E-state index in [-0.39, 0.29) is 29.0 Å². The van der Waals surface area contributed by atoms with E-state index in [0.29, 0.717) is 41.9 Å². The van der Waals surface area contributed by atoms with Gasteiger partial charge in [0.15, 0.2) is 11.4 Å². The van der Waals surface area contributed by atoms with Crippen molar-refractivity contribution in [3.8, 4) is 17.3 Å². The molecule has 1 aliphatic rings. The molecule has 1 aromatic carbocycles. The second-order valence-corrected chi connectivity index (χ2v) is 7.44. The minimum Gasteiger partial charge on any atom is -0.504 e. The Hall–Kier alpha value is -3.88. The van der Waals surface area contributed by atoms with Gasteiger partial charge in [-0.05, 0) is 42.7 Å². The summed E-state index contributed by atoms with van der Waals surface area (Å²) in [4.78, 5) is 27.5.